The van der Waals surface area contributed by atoms with Crippen molar-refractivity contribution in [2.45, 2.75) is 20.5 Å². The fraction of sp³-hybridized carbons (Fsp3) is 0.333. The van der Waals surface area contributed by atoms with E-state index in [2.05, 4.69) is 0 Å². The van der Waals surface area contributed by atoms with Gasteiger partial charge in [0.1, 0.15) is 5.75 Å². The topological polar surface area (TPSA) is 40.5 Å². The molecule has 0 atom stereocenters. The van der Waals surface area contributed by atoms with Crippen LogP contribution in [0.25, 0.3) is 0 Å². The molecule has 0 aliphatic carbocycles. The fourth-order valence-electron chi connectivity index (χ4n) is 1.05. The minimum absolute atomic E-state index is 0.0118. The van der Waals surface area contributed by atoms with E-state index in [9.17, 15) is 5.11 Å². The number of hydrogen-bond acceptors (Lipinski definition) is 2. The zero-order valence-corrected chi connectivity index (χ0v) is 7.81. The third kappa shape index (κ3) is 1.40. The van der Waals surface area contributed by atoms with Gasteiger partial charge in [-0.25, -0.2) is 0 Å². The normalized spacial score (nSPS) is 10.3. The second-order valence-electron chi connectivity index (χ2n) is 2.80. The van der Waals surface area contributed by atoms with E-state index in [1.807, 2.05) is 13.8 Å². The van der Waals surface area contributed by atoms with Gasteiger partial charge in [0.2, 0.25) is 0 Å². The van der Waals surface area contributed by atoms with Crippen LogP contribution in [0.2, 0.25) is 5.02 Å². The Kier molecular flexibility index (Phi) is 2.60. The highest BCUT2D eigenvalue weighted by Crippen LogP contribution is 2.32. The smallest absolute Gasteiger partial charge is 0.139 e. The van der Waals surface area contributed by atoms with E-state index >= 15 is 0 Å². The Hall–Kier alpha value is -0.730. The minimum atomic E-state index is -0.188. The van der Waals surface area contributed by atoms with Crippen molar-refractivity contribution in [1.29, 1.82) is 0 Å². The van der Waals surface area contributed by atoms with Crippen molar-refractivity contribution in [2.24, 2.45) is 0 Å². The molecule has 2 N–H and O–H groups in total. The molecule has 1 aromatic rings. The third-order valence-electron chi connectivity index (χ3n) is 1.99. The first-order chi connectivity index (χ1) is 5.57. The molecular weight excluding hydrogens is 176 g/mol. The molecule has 3 heteroatoms. The summed E-state index contributed by atoms with van der Waals surface area (Å²) < 4.78 is 0. The molecule has 0 amide bonds. The fourth-order valence-corrected chi connectivity index (χ4v) is 1.32. The molecule has 0 bridgehead atoms. The van der Waals surface area contributed by atoms with Crippen LogP contribution in [0.4, 0.5) is 0 Å². The average Bonchev–Trinajstić information content (AvgIpc) is 2.08. The molecule has 0 saturated carbocycles. The first-order valence-electron chi connectivity index (χ1n) is 3.66. The number of rotatable bonds is 1. The van der Waals surface area contributed by atoms with Crippen molar-refractivity contribution in [3.05, 3.63) is 27.8 Å². The van der Waals surface area contributed by atoms with Gasteiger partial charge in [-0.3, -0.25) is 0 Å². The lowest BCUT2D eigenvalue weighted by molar-refractivity contribution is 0.275. The van der Waals surface area contributed by atoms with Crippen LogP contribution < -0.4 is 0 Å². The van der Waals surface area contributed by atoms with Gasteiger partial charge in [0, 0.05) is 5.56 Å². The van der Waals surface area contributed by atoms with Gasteiger partial charge in [-0.05, 0) is 31.0 Å². The lowest BCUT2D eigenvalue weighted by atomic mass is 10.1. The molecule has 0 heterocycles. The van der Waals surface area contributed by atoms with Crippen LogP contribution in [0.1, 0.15) is 16.7 Å². The Morgan fingerprint density at radius 1 is 1.42 bits per heavy atom. The molecule has 1 rings (SSSR count). The maximum absolute atomic E-state index is 9.41. The van der Waals surface area contributed by atoms with Crippen LogP contribution in [0.3, 0.4) is 0 Å². The zero-order valence-electron chi connectivity index (χ0n) is 7.06. The van der Waals surface area contributed by atoms with E-state index in [1.165, 1.54) is 0 Å². The van der Waals surface area contributed by atoms with Crippen molar-refractivity contribution in [1.82, 2.24) is 0 Å². The van der Waals surface area contributed by atoms with Gasteiger partial charge in [-0.15, -0.1) is 0 Å². The SMILES string of the molecule is Cc1cc(CO)c(O)c(Cl)c1C. The molecule has 0 aromatic heterocycles. The second-order valence-corrected chi connectivity index (χ2v) is 3.18. The predicted octanol–water partition coefficient (Wildman–Crippen LogP) is 2.15. The van der Waals surface area contributed by atoms with Crippen molar-refractivity contribution in [3.63, 3.8) is 0 Å². The summed E-state index contributed by atoms with van der Waals surface area (Å²) in [5.41, 5.74) is 2.30. The number of aromatic hydroxyl groups is 1. The molecule has 0 aliphatic heterocycles. The number of hydrogen-bond donors (Lipinski definition) is 2. The number of aryl methyl sites for hydroxylation is 1. The maximum Gasteiger partial charge on any atom is 0.139 e. The molecule has 1 aromatic carbocycles. The minimum Gasteiger partial charge on any atom is -0.506 e. The van der Waals surface area contributed by atoms with Crippen LogP contribution in [0.15, 0.2) is 6.07 Å². The highest BCUT2D eigenvalue weighted by molar-refractivity contribution is 6.33. The Balaban J connectivity index is 3.39. The first-order valence-corrected chi connectivity index (χ1v) is 4.04. The largest absolute Gasteiger partial charge is 0.506 e. The first kappa shape index (κ1) is 9.36. The highest BCUT2D eigenvalue weighted by Gasteiger charge is 2.09. The Morgan fingerprint density at radius 3 is 2.50 bits per heavy atom. The van der Waals surface area contributed by atoms with E-state index in [4.69, 9.17) is 16.7 Å². The van der Waals surface area contributed by atoms with Gasteiger partial charge in [-0.1, -0.05) is 11.6 Å². The summed E-state index contributed by atoms with van der Waals surface area (Å²) in [7, 11) is 0. The molecule has 0 saturated heterocycles. The van der Waals surface area contributed by atoms with Crippen LogP contribution in [0, 0.1) is 13.8 Å². The lowest BCUT2D eigenvalue weighted by Gasteiger charge is -2.08. The van der Waals surface area contributed by atoms with E-state index < -0.39 is 0 Å². The molecule has 66 valence electrons. The second kappa shape index (κ2) is 3.33. The molecular formula is C9H11ClO2. The Morgan fingerprint density at radius 2 is 2.00 bits per heavy atom. The van der Waals surface area contributed by atoms with Gasteiger partial charge in [-0.2, -0.15) is 0 Å². The van der Waals surface area contributed by atoms with E-state index in [1.54, 1.807) is 6.07 Å². The Bertz CT molecular complexity index is 308. The summed E-state index contributed by atoms with van der Waals surface area (Å²) >= 11 is 5.81. The highest BCUT2D eigenvalue weighted by atomic mass is 35.5. The van der Waals surface area contributed by atoms with Gasteiger partial charge < -0.3 is 10.2 Å². The van der Waals surface area contributed by atoms with Crippen LogP contribution in [-0.4, -0.2) is 10.2 Å². The maximum atomic E-state index is 9.41. The van der Waals surface area contributed by atoms with Crippen LogP contribution in [-0.2, 0) is 6.61 Å². The lowest BCUT2D eigenvalue weighted by Crippen LogP contribution is -1.90. The van der Waals surface area contributed by atoms with Crippen molar-refractivity contribution in [2.75, 3.05) is 0 Å². The Labute approximate surface area is 76.4 Å². The molecule has 0 unspecified atom stereocenters. The quantitative estimate of drug-likeness (QED) is 0.706. The number of phenols is 1. The van der Waals surface area contributed by atoms with Crippen molar-refractivity contribution < 1.29 is 10.2 Å². The monoisotopic (exact) mass is 186 g/mol. The summed E-state index contributed by atoms with van der Waals surface area (Å²) in [5, 5.41) is 18.6. The third-order valence-corrected chi connectivity index (χ3v) is 2.46. The summed E-state index contributed by atoms with van der Waals surface area (Å²) in [6.07, 6.45) is 0. The molecule has 2 nitrogen and oxygen atoms in total. The van der Waals surface area contributed by atoms with Gasteiger partial charge >= 0.3 is 0 Å². The predicted molar refractivity (Wildman–Crippen MR) is 48.5 cm³/mol. The average molecular weight is 187 g/mol. The number of halogens is 1. The van der Waals surface area contributed by atoms with Crippen molar-refractivity contribution in [3.8, 4) is 5.75 Å². The molecule has 0 spiro atoms. The van der Waals surface area contributed by atoms with Gasteiger partial charge in [0.05, 0.1) is 11.6 Å². The van der Waals surface area contributed by atoms with E-state index in [-0.39, 0.29) is 12.4 Å². The summed E-state index contributed by atoms with van der Waals surface area (Å²) in [4.78, 5) is 0. The molecule has 0 radical (unpaired) electrons. The number of benzene rings is 1. The number of aliphatic hydroxyl groups excluding tert-OH is 1. The van der Waals surface area contributed by atoms with Crippen molar-refractivity contribution >= 4 is 11.6 Å². The van der Waals surface area contributed by atoms with Gasteiger partial charge in [0.15, 0.2) is 0 Å². The van der Waals surface area contributed by atoms with Gasteiger partial charge in [0.25, 0.3) is 0 Å². The standard InChI is InChI=1S/C9H11ClO2/c1-5-3-7(4-11)9(12)8(10)6(5)2/h3,11-12H,4H2,1-2H3. The van der Waals surface area contributed by atoms with Crippen LogP contribution >= 0.6 is 11.6 Å². The summed E-state index contributed by atoms with van der Waals surface area (Å²) in [6.45, 7) is 3.53. The van der Waals surface area contributed by atoms with E-state index in [0.29, 0.717) is 10.6 Å². The zero-order chi connectivity index (χ0) is 9.30. The summed E-state index contributed by atoms with van der Waals surface area (Å²) in [6, 6.07) is 1.73. The molecule has 0 aliphatic rings. The van der Waals surface area contributed by atoms with Crippen LogP contribution in [0.5, 0.6) is 5.75 Å². The number of aliphatic hydroxyl groups is 1. The van der Waals surface area contributed by atoms with E-state index in [0.717, 1.165) is 11.1 Å². The summed E-state index contributed by atoms with van der Waals surface area (Å²) in [5.74, 6) is -0.0118. The molecule has 12 heavy (non-hydrogen) atoms. The molecule has 0 fully saturated rings.